The zero-order chi connectivity index (χ0) is 23.1. The van der Waals surface area contributed by atoms with Crippen molar-refractivity contribution in [2.45, 2.75) is 57.1 Å². The molecule has 0 aliphatic rings. The first-order valence-electron chi connectivity index (χ1n) is 11.0. The quantitative estimate of drug-likeness (QED) is 0.424. The molecule has 2 atom stereocenters. The highest BCUT2D eigenvalue weighted by Crippen LogP contribution is 2.30. The maximum Gasteiger partial charge on any atom is 0.251 e. The lowest BCUT2D eigenvalue weighted by Gasteiger charge is -2.17. The van der Waals surface area contributed by atoms with Crippen LogP contribution in [-0.2, 0) is 10.5 Å². The minimum atomic E-state index is -0.0329. The Labute approximate surface area is 194 Å². The predicted octanol–water partition coefficient (Wildman–Crippen LogP) is 5.28. The molecule has 0 saturated carbocycles. The van der Waals surface area contributed by atoms with Crippen molar-refractivity contribution < 1.29 is 9.53 Å². The molecule has 0 saturated heterocycles. The van der Waals surface area contributed by atoms with Crippen LogP contribution in [0.25, 0.3) is 11.4 Å². The Kier molecular flexibility index (Phi) is 8.47. The van der Waals surface area contributed by atoms with E-state index in [1.165, 1.54) is 5.56 Å². The fourth-order valence-corrected chi connectivity index (χ4v) is 4.29. The van der Waals surface area contributed by atoms with Crippen molar-refractivity contribution in [1.82, 2.24) is 20.1 Å². The van der Waals surface area contributed by atoms with Gasteiger partial charge in [-0.15, -0.1) is 10.2 Å². The van der Waals surface area contributed by atoms with Crippen LogP contribution in [0.1, 0.15) is 54.7 Å². The van der Waals surface area contributed by atoms with E-state index in [1.54, 1.807) is 18.9 Å². The van der Waals surface area contributed by atoms with E-state index in [0.717, 1.165) is 34.3 Å². The number of carbonyl (C=O) groups excluding carboxylic acids is 1. The normalized spacial score (nSPS) is 13.0. The Morgan fingerprint density at radius 1 is 1.09 bits per heavy atom. The Hall–Kier alpha value is -2.64. The van der Waals surface area contributed by atoms with Crippen molar-refractivity contribution in [3.63, 3.8) is 0 Å². The first-order chi connectivity index (χ1) is 15.4. The average molecular weight is 453 g/mol. The molecule has 1 heterocycles. The van der Waals surface area contributed by atoms with E-state index < -0.39 is 0 Å². The second-order valence-corrected chi connectivity index (χ2v) is 9.06. The second kappa shape index (κ2) is 11.3. The number of carbonyl (C=O) groups is 1. The molecule has 0 bridgehead atoms. The van der Waals surface area contributed by atoms with Crippen LogP contribution in [0.5, 0.6) is 0 Å². The first kappa shape index (κ1) is 24.0. The van der Waals surface area contributed by atoms with Crippen molar-refractivity contribution in [3.8, 4) is 11.4 Å². The highest BCUT2D eigenvalue weighted by atomic mass is 32.2. The van der Waals surface area contributed by atoms with Gasteiger partial charge in [-0.1, -0.05) is 60.6 Å². The molecule has 7 heteroatoms. The fraction of sp³-hybridized carbons (Fsp3) is 0.400. The summed E-state index contributed by atoms with van der Waals surface area (Å²) in [7, 11) is 1.71. The Balaban J connectivity index is 1.75. The molecular formula is C25H32N4O2S. The van der Waals surface area contributed by atoms with Crippen LogP contribution in [0.15, 0.2) is 53.7 Å². The fourth-order valence-electron chi connectivity index (χ4n) is 3.30. The lowest BCUT2D eigenvalue weighted by molar-refractivity contribution is 0.0939. The van der Waals surface area contributed by atoms with Crippen LogP contribution in [0.4, 0.5) is 0 Å². The van der Waals surface area contributed by atoms with E-state index in [4.69, 9.17) is 4.74 Å². The van der Waals surface area contributed by atoms with E-state index in [1.807, 2.05) is 31.2 Å². The summed E-state index contributed by atoms with van der Waals surface area (Å²) in [5, 5.41) is 12.8. The number of aryl methyl sites for hydroxylation is 1. The van der Waals surface area contributed by atoms with Crippen LogP contribution in [0.2, 0.25) is 0 Å². The van der Waals surface area contributed by atoms with Gasteiger partial charge in [0.05, 0.1) is 12.6 Å². The van der Waals surface area contributed by atoms with Gasteiger partial charge in [0.15, 0.2) is 11.0 Å². The number of methoxy groups -OCH3 is 1. The number of benzene rings is 2. The molecule has 1 amide bonds. The number of rotatable bonds is 10. The number of nitrogens with one attached hydrogen (secondary N) is 1. The number of aromatic nitrogens is 3. The number of thioether (sulfide) groups is 1. The van der Waals surface area contributed by atoms with Gasteiger partial charge in [0.25, 0.3) is 5.91 Å². The molecule has 1 N–H and O–H groups in total. The minimum absolute atomic E-state index is 0.0329. The molecular weight excluding hydrogens is 420 g/mol. The predicted molar refractivity (Wildman–Crippen MR) is 130 cm³/mol. The smallest absolute Gasteiger partial charge is 0.251 e. The summed E-state index contributed by atoms with van der Waals surface area (Å²) in [5.74, 6) is 1.54. The standard InChI is InChI=1S/C25H32N4O2S/c1-6-18(3)26-24(30)22-13-9-20(10-14-22)16-32-25-28-27-23(29(25)19(4)15-31-5)21-11-7-17(2)8-12-21/h7-14,18-19H,6,15-16H2,1-5H3,(H,26,30)/t18-,19-/m0/s1. The van der Waals surface area contributed by atoms with Crippen molar-refractivity contribution in [3.05, 3.63) is 65.2 Å². The van der Waals surface area contributed by atoms with Gasteiger partial charge in [0.2, 0.25) is 0 Å². The Morgan fingerprint density at radius 2 is 1.78 bits per heavy atom. The molecule has 3 rings (SSSR count). The number of amides is 1. The molecule has 0 aliphatic carbocycles. The van der Waals surface area contributed by atoms with Gasteiger partial charge >= 0.3 is 0 Å². The van der Waals surface area contributed by atoms with E-state index in [2.05, 4.69) is 65.1 Å². The van der Waals surface area contributed by atoms with E-state index in [-0.39, 0.29) is 18.0 Å². The summed E-state index contributed by atoms with van der Waals surface area (Å²) in [6.07, 6.45) is 0.910. The zero-order valence-corrected chi connectivity index (χ0v) is 20.3. The second-order valence-electron chi connectivity index (χ2n) is 8.11. The molecule has 3 aromatic rings. The van der Waals surface area contributed by atoms with Crippen LogP contribution < -0.4 is 5.32 Å². The van der Waals surface area contributed by atoms with E-state index >= 15 is 0 Å². The number of ether oxygens (including phenoxy) is 1. The molecule has 0 spiro atoms. The summed E-state index contributed by atoms with van der Waals surface area (Å²) in [6, 6.07) is 16.3. The van der Waals surface area contributed by atoms with E-state index in [0.29, 0.717) is 12.2 Å². The van der Waals surface area contributed by atoms with Crippen molar-refractivity contribution >= 4 is 17.7 Å². The monoisotopic (exact) mass is 452 g/mol. The third kappa shape index (κ3) is 5.99. The Bertz CT molecular complexity index is 1020. The van der Waals surface area contributed by atoms with Crippen molar-refractivity contribution in [2.24, 2.45) is 0 Å². The van der Waals surface area contributed by atoms with Gasteiger partial charge in [0, 0.05) is 30.0 Å². The maximum atomic E-state index is 12.3. The minimum Gasteiger partial charge on any atom is -0.383 e. The summed E-state index contributed by atoms with van der Waals surface area (Å²) >= 11 is 1.63. The van der Waals surface area contributed by atoms with Crippen LogP contribution in [-0.4, -0.2) is 40.4 Å². The summed E-state index contributed by atoms with van der Waals surface area (Å²) in [5.41, 5.74) is 4.05. The highest BCUT2D eigenvalue weighted by molar-refractivity contribution is 7.98. The van der Waals surface area contributed by atoms with E-state index in [9.17, 15) is 4.79 Å². The van der Waals surface area contributed by atoms with Gasteiger partial charge < -0.3 is 10.1 Å². The molecule has 170 valence electrons. The number of hydrogen-bond acceptors (Lipinski definition) is 5. The van der Waals surface area contributed by atoms with Crippen molar-refractivity contribution in [2.75, 3.05) is 13.7 Å². The van der Waals surface area contributed by atoms with Crippen LogP contribution in [0, 0.1) is 6.92 Å². The van der Waals surface area contributed by atoms with Crippen LogP contribution >= 0.6 is 11.8 Å². The molecule has 6 nitrogen and oxygen atoms in total. The zero-order valence-electron chi connectivity index (χ0n) is 19.5. The largest absolute Gasteiger partial charge is 0.383 e. The van der Waals surface area contributed by atoms with Gasteiger partial charge in [0.1, 0.15) is 0 Å². The number of nitrogens with zero attached hydrogens (tertiary/aromatic N) is 3. The highest BCUT2D eigenvalue weighted by Gasteiger charge is 2.19. The molecule has 2 aromatic carbocycles. The van der Waals surface area contributed by atoms with Gasteiger partial charge in [-0.25, -0.2) is 0 Å². The third-order valence-corrected chi connectivity index (χ3v) is 6.41. The van der Waals surface area contributed by atoms with Crippen molar-refractivity contribution in [1.29, 1.82) is 0 Å². The Morgan fingerprint density at radius 3 is 2.41 bits per heavy atom. The summed E-state index contributed by atoms with van der Waals surface area (Å²) in [4.78, 5) is 12.3. The van der Waals surface area contributed by atoms with Gasteiger partial charge in [-0.3, -0.25) is 9.36 Å². The average Bonchev–Trinajstić information content (AvgIpc) is 3.22. The first-order valence-corrected chi connectivity index (χ1v) is 11.9. The lowest BCUT2D eigenvalue weighted by Crippen LogP contribution is -2.31. The molecule has 0 aliphatic heterocycles. The summed E-state index contributed by atoms with van der Waals surface area (Å²) in [6.45, 7) is 8.82. The summed E-state index contributed by atoms with van der Waals surface area (Å²) < 4.78 is 7.55. The van der Waals surface area contributed by atoms with Crippen LogP contribution in [0.3, 0.4) is 0 Å². The molecule has 1 aromatic heterocycles. The van der Waals surface area contributed by atoms with Gasteiger partial charge in [-0.2, -0.15) is 0 Å². The molecule has 0 unspecified atom stereocenters. The molecule has 32 heavy (non-hydrogen) atoms. The SMILES string of the molecule is CC[C@H](C)NC(=O)c1ccc(CSc2nnc(-c3ccc(C)cc3)n2[C@@H](C)COC)cc1. The maximum absolute atomic E-state index is 12.3. The van der Waals surface area contributed by atoms with Gasteiger partial charge in [-0.05, 0) is 44.9 Å². The lowest BCUT2D eigenvalue weighted by atomic mass is 10.1. The number of hydrogen-bond donors (Lipinski definition) is 1. The molecule has 0 radical (unpaired) electrons. The topological polar surface area (TPSA) is 69.0 Å². The molecule has 0 fully saturated rings. The third-order valence-electron chi connectivity index (χ3n) is 5.40.